The SMILES string of the molecule is CC#CCCC(NN)C1CN2CCN1CC2. The summed E-state index contributed by atoms with van der Waals surface area (Å²) in [5.41, 5.74) is 2.98. The molecule has 16 heavy (non-hydrogen) atoms. The zero-order chi connectivity index (χ0) is 11.4. The van der Waals surface area contributed by atoms with Crippen molar-refractivity contribution in [3.63, 3.8) is 0 Å². The van der Waals surface area contributed by atoms with E-state index < -0.39 is 0 Å². The first kappa shape index (κ1) is 11.9. The molecule has 3 aliphatic heterocycles. The van der Waals surface area contributed by atoms with Crippen LogP contribution in [0.5, 0.6) is 0 Å². The fraction of sp³-hybridized carbons (Fsp3) is 0.833. The van der Waals surface area contributed by atoms with E-state index in [4.69, 9.17) is 5.84 Å². The Balaban J connectivity index is 1.89. The Morgan fingerprint density at radius 1 is 1.38 bits per heavy atom. The second-order valence-corrected chi connectivity index (χ2v) is 4.64. The molecule has 0 aromatic rings. The largest absolute Gasteiger partial charge is 0.299 e. The number of rotatable bonds is 4. The lowest BCUT2D eigenvalue weighted by Crippen LogP contribution is -2.67. The number of hydrogen-bond donors (Lipinski definition) is 2. The fourth-order valence-corrected chi connectivity index (χ4v) is 2.78. The Kier molecular flexibility index (Phi) is 4.19. The molecule has 2 bridgehead atoms. The van der Waals surface area contributed by atoms with Crippen molar-refractivity contribution < 1.29 is 0 Å². The van der Waals surface area contributed by atoms with Gasteiger partial charge in [0, 0.05) is 51.2 Å². The molecule has 3 aliphatic rings. The Hall–Kier alpha value is -0.600. The number of nitrogens with two attached hydrogens (primary N) is 1. The summed E-state index contributed by atoms with van der Waals surface area (Å²) in [5, 5.41) is 0. The molecule has 3 saturated heterocycles. The molecular formula is C12H22N4. The van der Waals surface area contributed by atoms with E-state index in [9.17, 15) is 0 Å². The standard InChI is InChI=1S/C12H22N4/c1-2-3-4-5-11(14-13)12-10-15-6-8-16(12)9-7-15/h11-12,14H,4-10,13H2,1H3. The molecule has 0 saturated carbocycles. The topological polar surface area (TPSA) is 44.5 Å². The maximum absolute atomic E-state index is 5.67. The first-order valence-electron chi connectivity index (χ1n) is 6.17. The molecule has 0 aliphatic carbocycles. The van der Waals surface area contributed by atoms with Gasteiger partial charge in [-0.2, -0.15) is 0 Å². The number of fused-ring (bicyclic) bond motifs is 3. The summed E-state index contributed by atoms with van der Waals surface area (Å²) in [4.78, 5) is 5.12. The predicted molar refractivity (Wildman–Crippen MR) is 65.6 cm³/mol. The summed E-state index contributed by atoms with van der Waals surface area (Å²) in [6.45, 7) is 7.90. The van der Waals surface area contributed by atoms with E-state index in [1.165, 1.54) is 26.2 Å². The number of nitrogens with one attached hydrogen (secondary N) is 1. The van der Waals surface area contributed by atoms with Crippen LogP contribution in [0.2, 0.25) is 0 Å². The molecule has 0 radical (unpaired) electrons. The van der Waals surface area contributed by atoms with Gasteiger partial charge in [0.05, 0.1) is 0 Å². The third-order valence-corrected chi connectivity index (χ3v) is 3.76. The van der Waals surface area contributed by atoms with Crippen molar-refractivity contribution in [1.29, 1.82) is 0 Å². The van der Waals surface area contributed by atoms with Gasteiger partial charge >= 0.3 is 0 Å². The van der Waals surface area contributed by atoms with Gasteiger partial charge < -0.3 is 0 Å². The van der Waals surface area contributed by atoms with Crippen molar-refractivity contribution in [2.75, 3.05) is 32.7 Å². The second-order valence-electron chi connectivity index (χ2n) is 4.64. The molecule has 4 heteroatoms. The third kappa shape index (κ3) is 2.55. The van der Waals surface area contributed by atoms with E-state index in [-0.39, 0.29) is 0 Å². The van der Waals surface area contributed by atoms with Crippen LogP contribution in [0.15, 0.2) is 0 Å². The minimum Gasteiger partial charge on any atom is -0.299 e. The summed E-state index contributed by atoms with van der Waals surface area (Å²) in [7, 11) is 0. The van der Waals surface area contributed by atoms with Crippen molar-refractivity contribution in [2.24, 2.45) is 5.84 Å². The van der Waals surface area contributed by atoms with Gasteiger partial charge in [0.2, 0.25) is 0 Å². The van der Waals surface area contributed by atoms with Crippen LogP contribution in [0.1, 0.15) is 19.8 Å². The van der Waals surface area contributed by atoms with Crippen molar-refractivity contribution in [2.45, 2.75) is 31.8 Å². The monoisotopic (exact) mass is 222 g/mol. The molecule has 4 nitrogen and oxygen atoms in total. The molecule has 3 N–H and O–H groups in total. The van der Waals surface area contributed by atoms with Gasteiger partial charge in [-0.15, -0.1) is 11.8 Å². The Morgan fingerprint density at radius 2 is 2.12 bits per heavy atom. The normalized spacial score (nSPS) is 34.2. The van der Waals surface area contributed by atoms with Crippen LogP contribution in [0.4, 0.5) is 0 Å². The van der Waals surface area contributed by atoms with E-state index in [0.29, 0.717) is 12.1 Å². The van der Waals surface area contributed by atoms with Gasteiger partial charge in [-0.1, -0.05) is 0 Å². The van der Waals surface area contributed by atoms with Crippen molar-refractivity contribution >= 4 is 0 Å². The lowest BCUT2D eigenvalue weighted by molar-refractivity contribution is -0.00425. The number of hydrazine groups is 1. The molecule has 3 heterocycles. The van der Waals surface area contributed by atoms with E-state index >= 15 is 0 Å². The summed E-state index contributed by atoms with van der Waals surface area (Å²) in [5.74, 6) is 11.7. The first-order chi connectivity index (χ1) is 7.85. The van der Waals surface area contributed by atoms with Crippen LogP contribution in [-0.2, 0) is 0 Å². The molecular weight excluding hydrogens is 200 g/mol. The molecule has 3 fully saturated rings. The summed E-state index contributed by atoms with van der Waals surface area (Å²) < 4.78 is 0. The zero-order valence-corrected chi connectivity index (χ0v) is 10.1. The lowest BCUT2D eigenvalue weighted by Gasteiger charge is -2.50. The lowest BCUT2D eigenvalue weighted by atomic mass is 9.97. The molecule has 90 valence electrons. The van der Waals surface area contributed by atoms with Crippen LogP contribution < -0.4 is 11.3 Å². The van der Waals surface area contributed by atoms with Gasteiger partial charge in [0.25, 0.3) is 0 Å². The molecule has 0 aromatic heterocycles. The molecule has 0 spiro atoms. The molecule has 2 atom stereocenters. The number of hydrogen-bond acceptors (Lipinski definition) is 4. The molecule has 2 unspecified atom stereocenters. The quantitative estimate of drug-likeness (QED) is 0.387. The number of piperazine rings is 3. The molecule has 3 rings (SSSR count). The van der Waals surface area contributed by atoms with Gasteiger partial charge in [-0.05, 0) is 13.3 Å². The van der Waals surface area contributed by atoms with Crippen molar-refractivity contribution in [3.05, 3.63) is 0 Å². The summed E-state index contributed by atoms with van der Waals surface area (Å²) >= 11 is 0. The van der Waals surface area contributed by atoms with Crippen LogP contribution >= 0.6 is 0 Å². The minimum atomic E-state index is 0.379. The van der Waals surface area contributed by atoms with Gasteiger partial charge in [0.1, 0.15) is 0 Å². The highest BCUT2D eigenvalue weighted by atomic mass is 15.4. The van der Waals surface area contributed by atoms with E-state index in [2.05, 4.69) is 27.1 Å². The van der Waals surface area contributed by atoms with Crippen LogP contribution in [0, 0.1) is 11.8 Å². The van der Waals surface area contributed by atoms with Crippen LogP contribution in [-0.4, -0.2) is 54.6 Å². The minimum absolute atomic E-state index is 0.379. The first-order valence-corrected chi connectivity index (χ1v) is 6.17. The maximum Gasteiger partial charge on any atom is 0.0391 e. The van der Waals surface area contributed by atoms with E-state index in [0.717, 1.165) is 19.4 Å². The molecule has 0 aromatic carbocycles. The Morgan fingerprint density at radius 3 is 2.62 bits per heavy atom. The number of nitrogens with zero attached hydrogens (tertiary/aromatic N) is 2. The second kappa shape index (κ2) is 5.65. The zero-order valence-electron chi connectivity index (χ0n) is 10.1. The third-order valence-electron chi connectivity index (χ3n) is 3.76. The Bertz CT molecular complexity index is 272. The highest BCUT2D eigenvalue weighted by molar-refractivity contribution is 4.99. The van der Waals surface area contributed by atoms with Crippen molar-refractivity contribution in [1.82, 2.24) is 15.2 Å². The summed E-state index contributed by atoms with van der Waals surface area (Å²) in [6, 6.07) is 0.954. The van der Waals surface area contributed by atoms with Crippen LogP contribution in [0.25, 0.3) is 0 Å². The highest BCUT2D eigenvalue weighted by Crippen LogP contribution is 2.19. The Labute approximate surface area is 98.1 Å². The molecule has 0 amide bonds. The summed E-state index contributed by atoms with van der Waals surface area (Å²) in [6.07, 6.45) is 1.99. The average molecular weight is 222 g/mol. The van der Waals surface area contributed by atoms with Gasteiger partial charge in [-0.3, -0.25) is 21.1 Å². The van der Waals surface area contributed by atoms with Gasteiger partial charge in [0.15, 0.2) is 0 Å². The smallest absolute Gasteiger partial charge is 0.0391 e. The maximum atomic E-state index is 5.67. The van der Waals surface area contributed by atoms with Crippen LogP contribution in [0.3, 0.4) is 0 Å². The average Bonchev–Trinajstić information content (AvgIpc) is 2.36. The van der Waals surface area contributed by atoms with E-state index in [1.807, 2.05) is 6.92 Å². The van der Waals surface area contributed by atoms with Crippen molar-refractivity contribution in [3.8, 4) is 11.8 Å². The predicted octanol–water partition coefficient (Wildman–Crippen LogP) is -0.378. The highest BCUT2D eigenvalue weighted by Gasteiger charge is 2.35. The van der Waals surface area contributed by atoms with E-state index in [1.54, 1.807) is 0 Å². The fourth-order valence-electron chi connectivity index (χ4n) is 2.78. The van der Waals surface area contributed by atoms with Gasteiger partial charge in [-0.25, -0.2) is 0 Å².